The van der Waals surface area contributed by atoms with Crippen LogP contribution in [0.25, 0.3) is 0 Å². The number of allylic oxidation sites excluding steroid dienone is 4. The van der Waals surface area contributed by atoms with Gasteiger partial charge in [-0.1, -0.05) is 19.1 Å². The second-order valence-corrected chi connectivity index (χ2v) is 2.97. The van der Waals surface area contributed by atoms with Gasteiger partial charge in [0.1, 0.15) is 0 Å². The summed E-state index contributed by atoms with van der Waals surface area (Å²) >= 11 is 0. The summed E-state index contributed by atoms with van der Waals surface area (Å²) in [5, 5.41) is 0. The van der Waals surface area contributed by atoms with Gasteiger partial charge in [-0.25, -0.2) is 0 Å². The van der Waals surface area contributed by atoms with Crippen LogP contribution >= 0.6 is 0 Å². The molecule has 1 aliphatic heterocycles. The lowest BCUT2D eigenvalue weighted by Crippen LogP contribution is -2.18. The van der Waals surface area contributed by atoms with Gasteiger partial charge in [0.2, 0.25) is 0 Å². The molecule has 0 radical (unpaired) electrons. The average Bonchev–Trinajstić information content (AvgIpc) is 2.20. The Morgan fingerprint density at radius 3 is 2.77 bits per heavy atom. The van der Waals surface area contributed by atoms with E-state index >= 15 is 0 Å². The summed E-state index contributed by atoms with van der Waals surface area (Å²) in [6.45, 7) is 8.62. The summed E-state index contributed by atoms with van der Waals surface area (Å²) < 4.78 is 0. The van der Waals surface area contributed by atoms with Crippen molar-refractivity contribution in [2.45, 2.75) is 20.3 Å². The Morgan fingerprint density at radius 1 is 1.54 bits per heavy atom. The molecule has 2 nitrogen and oxygen atoms in total. The van der Waals surface area contributed by atoms with Crippen LogP contribution in [0.2, 0.25) is 0 Å². The molecule has 1 rings (SSSR count). The van der Waals surface area contributed by atoms with Crippen molar-refractivity contribution in [3.8, 4) is 0 Å². The van der Waals surface area contributed by atoms with E-state index < -0.39 is 0 Å². The van der Waals surface area contributed by atoms with Crippen molar-refractivity contribution >= 4 is 6.72 Å². The molecule has 0 saturated heterocycles. The van der Waals surface area contributed by atoms with E-state index in [0.29, 0.717) is 0 Å². The van der Waals surface area contributed by atoms with Crippen LogP contribution in [0.15, 0.2) is 40.8 Å². The van der Waals surface area contributed by atoms with Gasteiger partial charge in [-0.05, 0) is 26.1 Å². The highest BCUT2D eigenvalue weighted by atomic mass is 15.1. The van der Waals surface area contributed by atoms with Gasteiger partial charge in [0.15, 0.2) is 0 Å². The summed E-state index contributed by atoms with van der Waals surface area (Å²) in [7, 11) is 0. The first-order chi connectivity index (χ1) is 6.29. The lowest BCUT2D eigenvalue weighted by Gasteiger charge is -2.24. The lowest BCUT2D eigenvalue weighted by molar-refractivity contribution is 0.486. The van der Waals surface area contributed by atoms with Gasteiger partial charge in [0.05, 0.1) is 5.70 Å². The Labute approximate surface area is 80.0 Å². The summed E-state index contributed by atoms with van der Waals surface area (Å²) in [5.41, 5.74) is 2.26. The number of nitrogens with zero attached hydrogens (tertiary/aromatic N) is 2. The molecule has 0 N–H and O–H groups in total. The molecule has 0 spiro atoms. The summed E-state index contributed by atoms with van der Waals surface area (Å²) in [6, 6.07) is 0. The fourth-order valence-electron chi connectivity index (χ4n) is 1.43. The Balaban J connectivity index is 2.84. The maximum Gasteiger partial charge on any atom is 0.0559 e. The van der Waals surface area contributed by atoms with Crippen molar-refractivity contribution in [3.63, 3.8) is 0 Å². The van der Waals surface area contributed by atoms with Gasteiger partial charge in [-0.15, -0.1) is 0 Å². The number of hydrogen-bond acceptors (Lipinski definition) is 2. The Hall–Kier alpha value is -1.31. The fourth-order valence-corrected chi connectivity index (χ4v) is 1.43. The summed E-state index contributed by atoms with van der Waals surface area (Å²) in [4.78, 5) is 6.16. The van der Waals surface area contributed by atoms with E-state index in [0.717, 1.165) is 18.7 Å². The van der Waals surface area contributed by atoms with E-state index in [1.165, 1.54) is 5.70 Å². The van der Waals surface area contributed by atoms with Crippen molar-refractivity contribution in [1.29, 1.82) is 0 Å². The topological polar surface area (TPSA) is 15.6 Å². The Kier molecular flexibility index (Phi) is 3.50. The van der Waals surface area contributed by atoms with Crippen molar-refractivity contribution in [3.05, 3.63) is 35.8 Å². The van der Waals surface area contributed by atoms with Gasteiger partial charge >= 0.3 is 0 Å². The lowest BCUT2D eigenvalue weighted by atomic mass is 10.2. The van der Waals surface area contributed by atoms with Crippen molar-refractivity contribution < 1.29 is 0 Å². The van der Waals surface area contributed by atoms with E-state index in [-0.39, 0.29) is 0 Å². The fraction of sp³-hybridized carbons (Fsp3) is 0.364. The zero-order valence-corrected chi connectivity index (χ0v) is 8.33. The normalized spacial score (nSPS) is 17.2. The zero-order valence-electron chi connectivity index (χ0n) is 8.33. The standard InChI is InChI=1S/C11H16N2/c1-4-11(10(2)12-3)13-8-6-5-7-9-13/h5-8H,3-4,9H2,1-2H3/b11-10-. The van der Waals surface area contributed by atoms with E-state index in [4.69, 9.17) is 0 Å². The molecule has 0 fully saturated rings. The van der Waals surface area contributed by atoms with E-state index in [1.54, 1.807) is 0 Å². The van der Waals surface area contributed by atoms with Gasteiger partial charge in [-0.3, -0.25) is 4.99 Å². The first-order valence-electron chi connectivity index (χ1n) is 4.56. The molecular formula is C11H16N2. The number of aliphatic imine (C=N–C) groups is 1. The van der Waals surface area contributed by atoms with Crippen molar-refractivity contribution in [2.24, 2.45) is 4.99 Å². The SMILES string of the molecule is C=N/C(C)=C(/CC)N1C=CC=CC1. The first-order valence-corrected chi connectivity index (χ1v) is 4.56. The number of hydrogen-bond donors (Lipinski definition) is 0. The number of rotatable bonds is 3. The van der Waals surface area contributed by atoms with Crippen LogP contribution in [0, 0.1) is 0 Å². The maximum absolute atomic E-state index is 3.96. The molecule has 0 aromatic heterocycles. The Bertz CT molecular complexity index is 272. The smallest absolute Gasteiger partial charge is 0.0559 e. The van der Waals surface area contributed by atoms with Crippen LogP contribution in [-0.4, -0.2) is 18.2 Å². The molecule has 0 aliphatic carbocycles. The maximum atomic E-state index is 3.96. The summed E-state index contributed by atoms with van der Waals surface area (Å²) in [6.07, 6.45) is 9.29. The highest BCUT2D eigenvalue weighted by Gasteiger charge is 2.07. The minimum atomic E-state index is 0.937. The zero-order chi connectivity index (χ0) is 9.68. The average molecular weight is 176 g/mol. The minimum absolute atomic E-state index is 0.937. The van der Waals surface area contributed by atoms with Crippen LogP contribution in [0.5, 0.6) is 0 Å². The molecule has 0 bridgehead atoms. The molecule has 0 aromatic carbocycles. The van der Waals surface area contributed by atoms with Gasteiger partial charge < -0.3 is 4.90 Å². The summed E-state index contributed by atoms with van der Waals surface area (Å²) in [5.74, 6) is 0. The molecule has 0 atom stereocenters. The predicted molar refractivity (Wildman–Crippen MR) is 57.5 cm³/mol. The predicted octanol–water partition coefficient (Wildman–Crippen LogP) is 2.71. The second kappa shape index (κ2) is 4.65. The molecule has 1 heterocycles. The molecule has 0 aromatic rings. The van der Waals surface area contributed by atoms with Crippen LogP contribution in [0.3, 0.4) is 0 Å². The van der Waals surface area contributed by atoms with Crippen molar-refractivity contribution in [1.82, 2.24) is 4.90 Å². The van der Waals surface area contributed by atoms with Crippen LogP contribution in [-0.2, 0) is 0 Å². The van der Waals surface area contributed by atoms with Gasteiger partial charge in [-0.2, -0.15) is 0 Å². The molecule has 13 heavy (non-hydrogen) atoms. The van der Waals surface area contributed by atoms with E-state index in [1.807, 2.05) is 13.0 Å². The molecule has 0 amide bonds. The highest BCUT2D eigenvalue weighted by Crippen LogP contribution is 2.17. The van der Waals surface area contributed by atoms with E-state index in [9.17, 15) is 0 Å². The van der Waals surface area contributed by atoms with Gasteiger partial charge in [0, 0.05) is 18.4 Å². The third-order valence-electron chi connectivity index (χ3n) is 2.15. The minimum Gasteiger partial charge on any atom is -0.346 e. The third-order valence-corrected chi connectivity index (χ3v) is 2.15. The van der Waals surface area contributed by atoms with E-state index in [2.05, 4.69) is 41.9 Å². The third kappa shape index (κ3) is 2.31. The molecule has 2 heteroatoms. The molecular weight excluding hydrogens is 160 g/mol. The second-order valence-electron chi connectivity index (χ2n) is 2.97. The van der Waals surface area contributed by atoms with Crippen LogP contribution < -0.4 is 0 Å². The van der Waals surface area contributed by atoms with Crippen molar-refractivity contribution in [2.75, 3.05) is 6.54 Å². The van der Waals surface area contributed by atoms with Crippen LogP contribution in [0.1, 0.15) is 20.3 Å². The molecule has 0 unspecified atom stereocenters. The Morgan fingerprint density at radius 2 is 2.31 bits per heavy atom. The molecule has 70 valence electrons. The van der Waals surface area contributed by atoms with Gasteiger partial charge in [0.25, 0.3) is 0 Å². The largest absolute Gasteiger partial charge is 0.346 e. The molecule has 0 saturated carbocycles. The van der Waals surface area contributed by atoms with Crippen LogP contribution in [0.4, 0.5) is 0 Å². The molecule has 1 aliphatic rings. The monoisotopic (exact) mass is 176 g/mol. The first kappa shape index (κ1) is 9.78. The highest BCUT2D eigenvalue weighted by molar-refractivity contribution is 5.30. The quantitative estimate of drug-likeness (QED) is 0.604.